The van der Waals surface area contributed by atoms with Gasteiger partial charge in [-0.2, -0.15) is 0 Å². The maximum Gasteiger partial charge on any atom is 0.335 e. The van der Waals surface area contributed by atoms with Crippen LogP contribution in [0.3, 0.4) is 0 Å². The van der Waals surface area contributed by atoms with Crippen molar-refractivity contribution in [3.8, 4) is 22.5 Å². The summed E-state index contributed by atoms with van der Waals surface area (Å²) in [5.41, 5.74) is 2.71. The Morgan fingerprint density at radius 2 is 1.70 bits per heavy atom. The van der Waals surface area contributed by atoms with Crippen LogP contribution in [-0.4, -0.2) is 93.2 Å². The molecule has 1 spiro atoms. The Bertz CT molecular complexity index is 1550. The number of hydrogen-bond donors (Lipinski definition) is 4. The van der Waals surface area contributed by atoms with Crippen LogP contribution in [0, 0.1) is 0 Å². The number of benzene rings is 2. The van der Waals surface area contributed by atoms with Crippen molar-refractivity contribution in [1.82, 2.24) is 25.1 Å². The number of aliphatic imine (C=N–C) groups is 1. The number of aliphatic hydroxyl groups excluding tert-OH is 3. The van der Waals surface area contributed by atoms with Crippen LogP contribution in [0.2, 0.25) is 0 Å². The zero-order valence-corrected chi connectivity index (χ0v) is 24.4. The average Bonchev–Trinajstić information content (AvgIpc) is 3.77. The first-order chi connectivity index (χ1) is 21.2. The third-order valence-electron chi connectivity index (χ3n) is 8.74. The highest BCUT2D eigenvalue weighted by atomic mass is 16.6. The number of aromatic nitrogens is 4. The van der Waals surface area contributed by atoms with Crippen molar-refractivity contribution in [2.24, 2.45) is 4.99 Å². The van der Waals surface area contributed by atoms with Gasteiger partial charge in [-0.05, 0) is 41.2 Å². The van der Waals surface area contributed by atoms with Gasteiger partial charge in [0.15, 0.2) is 6.10 Å². The number of hydrogen-bond acceptors (Lipinski definition) is 10. The van der Waals surface area contributed by atoms with E-state index in [2.05, 4.69) is 22.3 Å². The Morgan fingerprint density at radius 1 is 1.00 bits per heavy atom. The number of aliphatic hydroxyl groups is 3. The zero-order chi connectivity index (χ0) is 31.0. The number of nitrogens with zero attached hydrogens (tertiary/aromatic N) is 6. The first-order valence-corrected chi connectivity index (χ1v) is 15.0. The molecule has 3 heterocycles. The lowest BCUT2D eigenvalue weighted by molar-refractivity contribution is -0.251. The number of aliphatic carboxylic acids is 1. The normalized spacial score (nSPS) is 26.4. The van der Waals surface area contributed by atoms with E-state index >= 15 is 0 Å². The average molecular weight is 605 g/mol. The molecule has 1 aromatic heterocycles. The lowest BCUT2D eigenvalue weighted by Crippen LogP contribution is -2.58. The summed E-state index contributed by atoms with van der Waals surface area (Å²) in [6, 6.07) is 15.3. The molecule has 6 rings (SSSR count). The van der Waals surface area contributed by atoms with Gasteiger partial charge in [0.05, 0.1) is 6.54 Å². The Morgan fingerprint density at radius 3 is 2.39 bits per heavy atom. The summed E-state index contributed by atoms with van der Waals surface area (Å²) in [5, 5.41) is 52.4. The SMILES string of the molecule is CCCCC1=NC2(CCCC2)C(=O)N1Cc1ccc(-c2ccccc2-c2nnn([C@H]3O[C@H](C(=O)O)[C@H](O)[C@@H](O)[C@H]3O)n2)cc1. The number of unbranched alkanes of at least 4 members (excludes halogenated alkanes) is 1. The standard InChI is InChI=1S/C31H36N6O7/c1-2-3-10-22-32-31(15-6-7-16-31)30(43)36(22)17-18-11-13-19(14-12-18)20-8-4-5-9-21(20)27-33-35-37(34-27)28-25(40)23(38)24(39)26(44-28)29(41)42/h4-5,8-9,11-14,23-26,28,38-40H,2-3,6-7,10,15-17H2,1H3,(H,41,42)/t23-,24-,25-,26+,28+/m1/s1. The molecule has 0 bridgehead atoms. The third kappa shape index (κ3) is 5.40. The molecular formula is C31H36N6O7. The zero-order valence-electron chi connectivity index (χ0n) is 24.4. The molecular weight excluding hydrogens is 568 g/mol. The van der Waals surface area contributed by atoms with Crippen LogP contribution in [0.15, 0.2) is 53.5 Å². The summed E-state index contributed by atoms with van der Waals surface area (Å²) in [6.45, 7) is 2.60. The van der Waals surface area contributed by atoms with E-state index in [0.717, 1.165) is 72.3 Å². The van der Waals surface area contributed by atoms with Crippen molar-refractivity contribution in [1.29, 1.82) is 0 Å². The Labute approximate surface area is 253 Å². The van der Waals surface area contributed by atoms with Gasteiger partial charge < -0.3 is 25.2 Å². The topological polar surface area (TPSA) is 183 Å². The van der Waals surface area contributed by atoms with Crippen LogP contribution in [0.5, 0.6) is 0 Å². The van der Waals surface area contributed by atoms with Gasteiger partial charge in [-0.25, -0.2) is 4.79 Å². The molecule has 2 aliphatic heterocycles. The number of ether oxygens (including phenoxy) is 1. The van der Waals surface area contributed by atoms with E-state index in [1.54, 1.807) is 0 Å². The van der Waals surface area contributed by atoms with Crippen LogP contribution in [0.4, 0.5) is 0 Å². The molecule has 232 valence electrons. The minimum Gasteiger partial charge on any atom is -0.479 e. The van der Waals surface area contributed by atoms with Crippen molar-refractivity contribution in [3.05, 3.63) is 54.1 Å². The lowest BCUT2D eigenvalue weighted by atomic mass is 9.97. The number of amidine groups is 1. The van der Waals surface area contributed by atoms with E-state index in [-0.39, 0.29) is 11.7 Å². The van der Waals surface area contributed by atoms with E-state index in [9.17, 15) is 30.0 Å². The summed E-state index contributed by atoms with van der Waals surface area (Å²) in [4.78, 5) is 32.8. The van der Waals surface area contributed by atoms with Gasteiger partial charge in [0, 0.05) is 12.0 Å². The van der Waals surface area contributed by atoms with Gasteiger partial charge in [-0.1, -0.05) is 74.7 Å². The molecule has 5 atom stereocenters. The molecule has 3 aromatic rings. The van der Waals surface area contributed by atoms with Crippen LogP contribution in [-0.2, 0) is 20.9 Å². The Balaban J connectivity index is 1.22. The molecule has 2 aromatic carbocycles. The van der Waals surface area contributed by atoms with Crippen molar-refractivity contribution in [2.45, 2.75) is 94.6 Å². The number of rotatable bonds is 9. The maximum atomic E-state index is 13.5. The van der Waals surface area contributed by atoms with E-state index < -0.39 is 42.2 Å². The number of carboxylic acids is 1. The minimum atomic E-state index is -1.83. The second-order valence-corrected chi connectivity index (χ2v) is 11.7. The van der Waals surface area contributed by atoms with Crippen LogP contribution in [0.25, 0.3) is 22.5 Å². The lowest BCUT2D eigenvalue weighted by Gasteiger charge is -2.37. The molecule has 13 nitrogen and oxygen atoms in total. The number of tetrazole rings is 1. The molecule has 2 fully saturated rings. The predicted molar refractivity (Wildman–Crippen MR) is 157 cm³/mol. The van der Waals surface area contributed by atoms with Crippen LogP contribution >= 0.6 is 0 Å². The Kier molecular flexibility index (Phi) is 8.29. The molecule has 1 aliphatic carbocycles. The smallest absolute Gasteiger partial charge is 0.335 e. The van der Waals surface area contributed by atoms with Gasteiger partial charge in [-0.3, -0.25) is 14.7 Å². The molecule has 0 unspecified atom stereocenters. The number of carboxylic acid groups (broad SMARTS) is 1. The first-order valence-electron chi connectivity index (χ1n) is 15.0. The van der Waals surface area contributed by atoms with E-state index in [1.807, 2.05) is 53.4 Å². The quantitative estimate of drug-likeness (QED) is 0.283. The maximum absolute atomic E-state index is 13.5. The van der Waals surface area contributed by atoms with Gasteiger partial charge in [-0.15, -0.1) is 15.0 Å². The number of amides is 1. The monoisotopic (exact) mass is 604 g/mol. The number of carbonyl (C=O) groups is 2. The highest BCUT2D eigenvalue weighted by Gasteiger charge is 2.50. The molecule has 1 amide bonds. The first kappa shape index (κ1) is 30.0. The van der Waals surface area contributed by atoms with Crippen molar-refractivity contribution in [3.63, 3.8) is 0 Å². The van der Waals surface area contributed by atoms with Crippen LogP contribution in [0.1, 0.15) is 63.7 Å². The summed E-state index contributed by atoms with van der Waals surface area (Å²) in [5.74, 6) is -0.298. The molecule has 3 aliphatic rings. The van der Waals surface area contributed by atoms with E-state index in [1.165, 1.54) is 0 Å². The molecule has 44 heavy (non-hydrogen) atoms. The molecule has 1 saturated heterocycles. The van der Waals surface area contributed by atoms with E-state index in [4.69, 9.17) is 9.73 Å². The molecule has 4 N–H and O–H groups in total. The fourth-order valence-electron chi connectivity index (χ4n) is 6.30. The highest BCUT2D eigenvalue weighted by molar-refractivity contribution is 6.08. The fourth-order valence-corrected chi connectivity index (χ4v) is 6.30. The second-order valence-electron chi connectivity index (χ2n) is 11.7. The van der Waals surface area contributed by atoms with E-state index in [0.29, 0.717) is 12.1 Å². The summed E-state index contributed by atoms with van der Waals surface area (Å²) in [6.07, 6.45) is -2.05. The van der Waals surface area contributed by atoms with Crippen molar-refractivity contribution in [2.75, 3.05) is 0 Å². The van der Waals surface area contributed by atoms with Gasteiger partial charge in [0.1, 0.15) is 29.7 Å². The summed E-state index contributed by atoms with van der Waals surface area (Å²) < 4.78 is 5.33. The Hall–Kier alpha value is -4.04. The minimum absolute atomic E-state index is 0.119. The third-order valence-corrected chi connectivity index (χ3v) is 8.74. The van der Waals surface area contributed by atoms with Crippen molar-refractivity contribution < 1.29 is 34.8 Å². The fraction of sp³-hybridized carbons (Fsp3) is 0.484. The number of carbonyl (C=O) groups excluding carboxylic acids is 1. The summed E-state index contributed by atoms with van der Waals surface area (Å²) >= 11 is 0. The van der Waals surface area contributed by atoms with Crippen molar-refractivity contribution >= 4 is 17.7 Å². The van der Waals surface area contributed by atoms with Gasteiger partial charge in [0.25, 0.3) is 5.91 Å². The highest BCUT2D eigenvalue weighted by Crippen LogP contribution is 2.40. The predicted octanol–water partition coefficient (Wildman–Crippen LogP) is 2.32. The van der Waals surface area contributed by atoms with Gasteiger partial charge in [0.2, 0.25) is 12.1 Å². The molecule has 13 heteroatoms. The summed E-state index contributed by atoms with van der Waals surface area (Å²) in [7, 11) is 0. The molecule has 1 saturated carbocycles. The largest absolute Gasteiger partial charge is 0.479 e. The second kappa shape index (κ2) is 12.2. The molecule has 0 radical (unpaired) electrons. The van der Waals surface area contributed by atoms with Gasteiger partial charge >= 0.3 is 5.97 Å². The van der Waals surface area contributed by atoms with Crippen LogP contribution < -0.4 is 0 Å².